The van der Waals surface area contributed by atoms with E-state index < -0.39 is 0 Å². The Morgan fingerprint density at radius 2 is 2.00 bits per heavy atom. The second kappa shape index (κ2) is 7.99. The van der Waals surface area contributed by atoms with Crippen molar-refractivity contribution in [2.75, 3.05) is 0 Å². The number of benzene rings is 1. The van der Waals surface area contributed by atoms with Crippen LogP contribution in [0.2, 0.25) is 5.02 Å². The summed E-state index contributed by atoms with van der Waals surface area (Å²) in [5, 5.41) is 8.21. The summed E-state index contributed by atoms with van der Waals surface area (Å²) in [5.74, 6) is 0.967. The Balaban J connectivity index is 0.00000196. The van der Waals surface area contributed by atoms with E-state index >= 15 is 0 Å². The molecule has 2 unspecified atom stereocenters. The molecule has 0 aliphatic heterocycles. The molecule has 1 heterocycles. The third-order valence-corrected chi connectivity index (χ3v) is 5.83. The van der Waals surface area contributed by atoms with Gasteiger partial charge in [0, 0.05) is 23.3 Å². The predicted molar refractivity (Wildman–Crippen MR) is 105 cm³/mol. The lowest BCUT2D eigenvalue weighted by molar-refractivity contribution is 0.0756. The number of carbonyl (C=O) groups is 1. The molecular weight excluding hydrogens is 371 g/mol. The highest BCUT2D eigenvalue weighted by atomic mass is 35.5. The maximum atomic E-state index is 12.7. The topological polar surface area (TPSA) is 72.9 Å². The molecule has 4 rings (SSSR count). The van der Waals surface area contributed by atoms with E-state index in [-0.39, 0.29) is 30.4 Å². The van der Waals surface area contributed by atoms with E-state index in [4.69, 9.17) is 17.3 Å². The molecule has 0 spiro atoms. The molecule has 2 aliphatic rings. The monoisotopic (exact) mass is 394 g/mol. The highest BCUT2D eigenvalue weighted by molar-refractivity contribution is 6.30. The molecule has 3 N–H and O–H groups in total. The van der Waals surface area contributed by atoms with Gasteiger partial charge in [0.2, 0.25) is 0 Å². The highest BCUT2D eigenvalue weighted by Crippen LogP contribution is 2.39. The van der Waals surface area contributed by atoms with Crippen LogP contribution in [0.3, 0.4) is 0 Å². The number of hydrogen-bond acceptors (Lipinski definition) is 3. The summed E-state index contributed by atoms with van der Waals surface area (Å²) >= 11 is 6.03. The molecule has 2 atom stereocenters. The van der Waals surface area contributed by atoms with Gasteiger partial charge < -0.3 is 11.1 Å². The number of nitrogens with zero attached hydrogens (tertiary/aromatic N) is 2. The summed E-state index contributed by atoms with van der Waals surface area (Å²) in [5.41, 5.74) is 7.59. The quantitative estimate of drug-likeness (QED) is 0.835. The molecule has 2 aliphatic carbocycles. The molecule has 7 heteroatoms. The van der Waals surface area contributed by atoms with Crippen molar-refractivity contribution in [2.45, 2.75) is 44.2 Å². The lowest BCUT2D eigenvalue weighted by Crippen LogP contribution is -2.53. The molecule has 2 bridgehead atoms. The van der Waals surface area contributed by atoms with E-state index in [9.17, 15) is 4.79 Å². The second-order valence-electron chi connectivity index (χ2n) is 7.34. The standard InChI is InChI=1S/C19H23ClN4O.ClH/c20-15-5-2-6-17(9-15)24-11-14(10-22-24)19(25)23-18-12-3-1-4-13(18)8-16(21)7-12;/h2,5-6,9-13,16,18H,1,3-4,7-8,21H2,(H,23,25);1H. The van der Waals surface area contributed by atoms with Gasteiger partial charge in [-0.3, -0.25) is 4.79 Å². The number of hydrogen-bond donors (Lipinski definition) is 2. The van der Waals surface area contributed by atoms with Gasteiger partial charge in [0.15, 0.2) is 0 Å². The number of rotatable bonds is 3. The van der Waals surface area contributed by atoms with Crippen molar-refractivity contribution < 1.29 is 4.79 Å². The van der Waals surface area contributed by atoms with Crippen LogP contribution < -0.4 is 11.1 Å². The van der Waals surface area contributed by atoms with Crippen molar-refractivity contribution >= 4 is 29.9 Å². The summed E-state index contributed by atoms with van der Waals surface area (Å²) in [6.07, 6.45) is 8.98. The van der Waals surface area contributed by atoms with Gasteiger partial charge in [0.05, 0.1) is 17.4 Å². The fourth-order valence-electron chi connectivity index (χ4n) is 4.46. The van der Waals surface area contributed by atoms with Crippen LogP contribution >= 0.6 is 24.0 Å². The van der Waals surface area contributed by atoms with Crippen molar-refractivity contribution in [3.8, 4) is 5.69 Å². The van der Waals surface area contributed by atoms with Gasteiger partial charge in [-0.25, -0.2) is 4.68 Å². The van der Waals surface area contributed by atoms with Crippen LogP contribution in [0.25, 0.3) is 5.69 Å². The number of fused-ring (bicyclic) bond motifs is 2. The smallest absolute Gasteiger partial charge is 0.254 e. The van der Waals surface area contributed by atoms with Gasteiger partial charge in [0.1, 0.15) is 0 Å². The normalized spacial score (nSPS) is 27.5. The molecule has 140 valence electrons. The Morgan fingerprint density at radius 3 is 2.69 bits per heavy atom. The zero-order valence-electron chi connectivity index (χ0n) is 14.5. The first-order valence-corrected chi connectivity index (χ1v) is 9.35. The zero-order valence-corrected chi connectivity index (χ0v) is 16.0. The number of nitrogens with two attached hydrogens (primary N) is 1. The predicted octanol–water partition coefficient (Wildman–Crippen LogP) is 3.58. The van der Waals surface area contributed by atoms with Crippen LogP contribution in [0, 0.1) is 11.8 Å². The van der Waals surface area contributed by atoms with Crippen molar-refractivity contribution in [3.63, 3.8) is 0 Å². The van der Waals surface area contributed by atoms with Crippen molar-refractivity contribution in [2.24, 2.45) is 17.6 Å². The van der Waals surface area contributed by atoms with Crippen LogP contribution in [0.15, 0.2) is 36.7 Å². The first kappa shape index (κ1) is 19.2. The molecule has 5 nitrogen and oxygen atoms in total. The summed E-state index contributed by atoms with van der Waals surface area (Å²) in [7, 11) is 0. The number of halogens is 2. The number of amides is 1. The SMILES string of the molecule is Cl.NC1CC2CCCC(C1)C2NC(=O)c1cnn(-c2cccc(Cl)c2)c1. The molecule has 1 aromatic carbocycles. The molecule has 26 heavy (non-hydrogen) atoms. The first-order chi connectivity index (χ1) is 12.1. The number of aromatic nitrogens is 2. The van der Waals surface area contributed by atoms with E-state index in [0.717, 1.165) is 31.4 Å². The van der Waals surface area contributed by atoms with E-state index in [1.165, 1.54) is 6.42 Å². The van der Waals surface area contributed by atoms with Gasteiger partial charge in [0.25, 0.3) is 5.91 Å². The maximum Gasteiger partial charge on any atom is 0.254 e. The Morgan fingerprint density at radius 1 is 1.27 bits per heavy atom. The average molecular weight is 395 g/mol. The lowest BCUT2D eigenvalue weighted by atomic mass is 9.67. The Labute approximate surface area is 164 Å². The van der Waals surface area contributed by atoms with Gasteiger partial charge in [-0.15, -0.1) is 12.4 Å². The Kier molecular flexibility index (Phi) is 5.90. The molecule has 2 fully saturated rings. The largest absolute Gasteiger partial charge is 0.349 e. The lowest BCUT2D eigenvalue weighted by Gasteiger charge is -2.45. The van der Waals surface area contributed by atoms with Crippen LogP contribution in [-0.2, 0) is 0 Å². The van der Waals surface area contributed by atoms with Crippen molar-refractivity contribution in [1.82, 2.24) is 15.1 Å². The Bertz CT molecular complexity index is 764. The van der Waals surface area contributed by atoms with Crippen molar-refractivity contribution in [1.29, 1.82) is 0 Å². The molecule has 0 radical (unpaired) electrons. The minimum atomic E-state index is -0.0503. The van der Waals surface area contributed by atoms with Gasteiger partial charge in [-0.1, -0.05) is 24.1 Å². The van der Waals surface area contributed by atoms with Gasteiger partial charge in [-0.05, 0) is 55.7 Å². The van der Waals surface area contributed by atoms with E-state index in [1.807, 2.05) is 24.3 Å². The molecular formula is C19H24Cl2N4O. The average Bonchev–Trinajstić information content (AvgIpc) is 3.06. The molecule has 2 saturated carbocycles. The molecule has 0 saturated heterocycles. The summed E-state index contributed by atoms with van der Waals surface area (Å²) in [6, 6.07) is 7.95. The van der Waals surface area contributed by atoms with E-state index in [2.05, 4.69) is 10.4 Å². The summed E-state index contributed by atoms with van der Waals surface area (Å²) in [4.78, 5) is 12.7. The van der Waals surface area contributed by atoms with Crippen LogP contribution in [0.1, 0.15) is 42.5 Å². The van der Waals surface area contributed by atoms with Crippen LogP contribution in [0.4, 0.5) is 0 Å². The van der Waals surface area contributed by atoms with Crippen LogP contribution in [-0.4, -0.2) is 27.8 Å². The van der Waals surface area contributed by atoms with Gasteiger partial charge >= 0.3 is 0 Å². The third kappa shape index (κ3) is 3.90. The fraction of sp³-hybridized carbons (Fsp3) is 0.474. The highest BCUT2D eigenvalue weighted by Gasteiger charge is 2.40. The number of nitrogens with one attached hydrogen (secondary N) is 1. The molecule has 1 aromatic heterocycles. The second-order valence-corrected chi connectivity index (χ2v) is 7.77. The maximum absolute atomic E-state index is 12.7. The van der Waals surface area contributed by atoms with E-state index in [0.29, 0.717) is 22.4 Å². The third-order valence-electron chi connectivity index (χ3n) is 5.59. The minimum Gasteiger partial charge on any atom is -0.349 e. The van der Waals surface area contributed by atoms with Crippen LogP contribution in [0.5, 0.6) is 0 Å². The Hall–Kier alpha value is -1.56. The molecule has 1 amide bonds. The summed E-state index contributed by atoms with van der Waals surface area (Å²) < 4.78 is 1.68. The fourth-order valence-corrected chi connectivity index (χ4v) is 4.64. The van der Waals surface area contributed by atoms with E-state index in [1.54, 1.807) is 17.1 Å². The minimum absolute atomic E-state index is 0. The van der Waals surface area contributed by atoms with Gasteiger partial charge in [-0.2, -0.15) is 5.10 Å². The first-order valence-electron chi connectivity index (χ1n) is 8.97. The summed E-state index contributed by atoms with van der Waals surface area (Å²) in [6.45, 7) is 0. The van der Waals surface area contributed by atoms with Crippen molar-refractivity contribution in [3.05, 3.63) is 47.2 Å². The molecule has 2 aromatic rings. The zero-order chi connectivity index (χ0) is 17.4. The number of carbonyl (C=O) groups excluding carboxylic acids is 1.